The Morgan fingerprint density at radius 2 is 2.16 bits per heavy atom. The van der Waals surface area contributed by atoms with Gasteiger partial charge in [0.25, 0.3) is 0 Å². The maximum absolute atomic E-state index is 12.7. The van der Waals surface area contributed by atoms with Crippen molar-refractivity contribution >= 4 is 11.0 Å². The molecule has 5 nitrogen and oxygen atoms in total. The van der Waals surface area contributed by atoms with Crippen LogP contribution in [0.15, 0.2) is 45.9 Å². The van der Waals surface area contributed by atoms with E-state index >= 15 is 0 Å². The summed E-state index contributed by atoms with van der Waals surface area (Å²) in [6.07, 6.45) is 6.43. The van der Waals surface area contributed by atoms with Crippen molar-refractivity contribution in [2.24, 2.45) is 0 Å². The summed E-state index contributed by atoms with van der Waals surface area (Å²) in [6, 6.07) is 7.38. The second-order valence-electron chi connectivity index (χ2n) is 6.56. The molecule has 0 amide bonds. The fourth-order valence-corrected chi connectivity index (χ4v) is 3.36. The molecule has 0 unspecified atom stereocenters. The predicted octanol–water partition coefficient (Wildman–Crippen LogP) is 3.09. The van der Waals surface area contributed by atoms with Gasteiger partial charge in [-0.1, -0.05) is 19.1 Å². The van der Waals surface area contributed by atoms with Gasteiger partial charge in [0.05, 0.1) is 11.6 Å². The Bertz CT molecular complexity index is 965. The van der Waals surface area contributed by atoms with Crippen LogP contribution in [0, 0.1) is 0 Å². The van der Waals surface area contributed by atoms with Gasteiger partial charge in [0, 0.05) is 55.5 Å². The second kappa shape index (κ2) is 6.76. The molecule has 4 rings (SSSR count). The van der Waals surface area contributed by atoms with E-state index in [1.54, 1.807) is 6.26 Å². The number of aryl methyl sites for hydroxylation is 1. The lowest BCUT2D eigenvalue weighted by atomic mass is 10.1. The van der Waals surface area contributed by atoms with Crippen molar-refractivity contribution in [1.29, 1.82) is 0 Å². The average Bonchev–Trinajstić information content (AvgIpc) is 2.64. The molecule has 2 aromatic heterocycles. The lowest BCUT2D eigenvalue weighted by molar-refractivity contribution is 0.240. The topological polar surface area (TPSA) is 59.2 Å². The van der Waals surface area contributed by atoms with E-state index in [9.17, 15) is 4.79 Å². The van der Waals surface area contributed by atoms with Gasteiger partial charge in [-0.05, 0) is 18.6 Å². The standard InChI is InChI=1S/C20H21N3O2/c1-2-5-19-21-10-14-11-23(9-8-17(14)22-19)12-15-13-25-18-7-4-3-6-16(18)20(15)24/h3-4,6-7,10,13H,2,5,8-9,11-12H2,1H3. The summed E-state index contributed by atoms with van der Waals surface area (Å²) in [4.78, 5) is 24.1. The number of fused-ring (bicyclic) bond motifs is 2. The molecule has 1 aliphatic heterocycles. The Morgan fingerprint density at radius 1 is 1.28 bits per heavy atom. The molecule has 0 spiro atoms. The first-order valence-electron chi connectivity index (χ1n) is 8.80. The van der Waals surface area contributed by atoms with Crippen LogP contribution in [0.2, 0.25) is 0 Å². The number of hydrogen-bond donors (Lipinski definition) is 0. The predicted molar refractivity (Wildman–Crippen MR) is 96.3 cm³/mol. The normalized spacial score (nSPS) is 14.6. The van der Waals surface area contributed by atoms with E-state index in [1.165, 1.54) is 0 Å². The molecular formula is C20H21N3O2. The third kappa shape index (κ3) is 3.20. The first-order chi connectivity index (χ1) is 12.2. The molecule has 128 valence electrons. The van der Waals surface area contributed by atoms with Crippen LogP contribution in [0.1, 0.15) is 36.0 Å². The zero-order chi connectivity index (χ0) is 17.2. The van der Waals surface area contributed by atoms with Crippen molar-refractivity contribution in [3.63, 3.8) is 0 Å². The van der Waals surface area contributed by atoms with Gasteiger partial charge in [0.15, 0.2) is 5.43 Å². The van der Waals surface area contributed by atoms with Gasteiger partial charge < -0.3 is 4.42 Å². The summed E-state index contributed by atoms with van der Waals surface area (Å²) < 4.78 is 5.63. The molecule has 0 atom stereocenters. The zero-order valence-electron chi connectivity index (χ0n) is 14.4. The van der Waals surface area contributed by atoms with E-state index < -0.39 is 0 Å². The van der Waals surface area contributed by atoms with Gasteiger partial charge in [-0.2, -0.15) is 0 Å². The number of rotatable bonds is 4. The summed E-state index contributed by atoms with van der Waals surface area (Å²) in [5.41, 5.74) is 3.71. The highest BCUT2D eigenvalue weighted by molar-refractivity contribution is 5.76. The number of aromatic nitrogens is 2. The van der Waals surface area contributed by atoms with Crippen LogP contribution < -0.4 is 5.43 Å². The second-order valence-corrected chi connectivity index (χ2v) is 6.56. The van der Waals surface area contributed by atoms with E-state index in [1.807, 2.05) is 30.5 Å². The first kappa shape index (κ1) is 16.0. The van der Waals surface area contributed by atoms with E-state index in [-0.39, 0.29) is 5.43 Å². The molecule has 25 heavy (non-hydrogen) atoms. The van der Waals surface area contributed by atoms with E-state index in [4.69, 9.17) is 4.42 Å². The molecule has 3 heterocycles. The molecule has 0 aliphatic carbocycles. The third-order valence-corrected chi connectivity index (χ3v) is 4.68. The van der Waals surface area contributed by atoms with Crippen LogP contribution in [0.4, 0.5) is 0 Å². The number of nitrogens with zero attached hydrogens (tertiary/aromatic N) is 3. The maximum Gasteiger partial charge on any atom is 0.197 e. The fraction of sp³-hybridized carbons (Fsp3) is 0.350. The van der Waals surface area contributed by atoms with Crippen molar-refractivity contribution in [2.45, 2.75) is 39.3 Å². The molecule has 1 aliphatic rings. The summed E-state index contributed by atoms with van der Waals surface area (Å²) in [5, 5.41) is 0.643. The Hall–Kier alpha value is -2.53. The minimum atomic E-state index is 0.0576. The summed E-state index contributed by atoms with van der Waals surface area (Å²) >= 11 is 0. The molecule has 0 radical (unpaired) electrons. The summed E-state index contributed by atoms with van der Waals surface area (Å²) in [5.74, 6) is 0.935. The largest absolute Gasteiger partial charge is 0.464 e. The minimum Gasteiger partial charge on any atom is -0.464 e. The fourth-order valence-electron chi connectivity index (χ4n) is 3.36. The van der Waals surface area contributed by atoms with Gasteiger partial charge in [0.1, 0.15) is 11.4 Å². The number of para-hydroxylation sites is 1. The summed E-state index contributed by atoms with van der Waals surface area (Å²) in [6.45, 7) is 4.39. The van der Waals surface area contributed by atoms with Crippen molar-refractivity contribution in [3.8, 4) is 0 Å². The third-order valence-electron chi connectivity index (χ3n) is 4.68. The van der Waals surface area contributed by atoms with Crippen molar-refractivity contribution in [2.75, 3.05) is 6.54 Å². The maximum atomic E-state index is 12.7. The lowest BCUT2D eigenvalue weighted by Gasteiger charge is -2.27. The molecular weight excluding hydrogens is 314 g/mol. The quantitative estimate of drug-likeness (QED) is 0.733. The van der Waals surface area contributed by atoms with Crippen LogP contribution in [-0.4, -0.2) is 21.4 Å². The highest BCUT2D eigenvalue weighted by Crippen LogP contribution is 2.19. The first-order valence-corrected chi connectivity index (χ1v) is 8.80. The highest BCUT2D eigenvalue weighted by Gasteiger charge is 2.20. The van der Waals surface area contributed by atoms with Gasteiger partial charge in [-0.3, -0.25) is 9.69 Å². The van der Waals surface area contributed by atoms with Crippen molar-refractivity contribution < 1.29 is 4.42 Å². The Kier molecular flexibility index (Phi) is 4.32. The molecule has 0 saturated heterocycles. The minimum absolute atomic E-state index is 0.0576. The van der Waals surface area contributed by atoms with Crippen LogP contribution in [0.3, 0.4) is 0 Å². The number of hydrogen-bond acceptors (Lipinski definition) is 5. The number of benzene rings is 1. The van der Waals surface area contributed by atoms with Gasteiger partial charge in [-0.15, -0.1) is 0 Å². The molecule has 0 N–H and O–H groups in total. The van der Waals surface area contributed by atoms with Gasteiger partial charge in [-0.25, -0.2) is 9.97 Å². The average molecular weight is 335 g/mol. The highest BCUT2D eigenvalue weighted by atomic mass is 16.3. The molecule has 0 saturated carbocycles. The molecule has 0 bridgehead atoms. The monoisotopic (exact) mass is 335 g/mol. The summed E-state index contributed by atoms with van der Waals surface area (Å²) in [7, 11) is 0. The Balaban J connectivity index is 1.55. The van der Waals surface area contributed by atoms with Crippen LogP contribution in [0.5, 0.6) is 0 Å². The smallest absolute Gasteiger partial charge is 0.197 e. The van der Waals surface area contributed by atoms with E-state index in [0.717, 1.165) is 49.4 Å². The van der Waals surface area contributed by atoms with Gasteiger partial charge in [0.2, 0.25) is 0 Å². The molecule has 0 fully saturated rings. The van der Waals surface area contributed by atoms with Crippen molar-refractivity contribution in [3.05, 3.63) is 69.6 Å². The SMILES string of the molecule is CCCc1ncc2c(n1)CCN(Cc1coc3ccccc3c1=O)C2. The molecule has 1 aromatic carbocycles. The van der Waals surface area contributed by atoms with E-state index in [2.05, 4.69) is 21.8 Å². The molecule has 3 aromatic rings. The molecule has 5 heteroatoms. The zero-order valence-corrected chi connectivity index (χ0v) is 14.4. The van der Waals surface area contributed by atoms with E-state index in [0.29, 0.717) is 23.1 Å². The Morgan fingerprint density at radius 3 is 3.04 bits per heavy atom. The Labute approximate surface area is 146 Å². The van der Waals surface area contributed by atoms with Crippen LogP contribution in [-0.2, 0) is 25.9 Å². The van der Waals surface area contributed by atoms with Gasteiger partial charge >= 0.3 is 0 Å². The van der Waals surface area contributed by atoms with Crippen LogP contribution >= 0.6 is 0 Å². The van der Waals surface area contributed by atoms with Crippen LogP contribution in [0.25, 0.3) is 11.0 Å². The van der Waals surface area contributed by atoms with Crippen molar-refractivity contribution in [1.82, 2.24) is 14.9 Å². The lowest BCUT2D eigenvalue weighted by Crippen LogP contribution is -2.32.